The van der Waals surface area contributed by atoms with Crippen molar-refractivity contribution in [3.05, 3.63) is 82.5 Å². The van der Waals surface area contributed by atoms with E-state index in [2.05, 4.69) is 19.9 Å². The summed E-state index contributed by atoms with van der Waals surface area (Å²) in [7, 11) is 0. The fraction of sp³-hybridized carbons (Fsp3) is 0.136. The molecule has 0 amide bonds. The van der Waals surface area contributed by atoms with Gasteiger partial charge in [-0.15, -0.1) is 0 Å². The second-order valence-corrected chi connectivity index (χ2v) is 7.41. The lowest BCUT2D eigenvalue weighted by Crippen LogP contribution is -2.09. The Bertz CT molecular complexity index is 1310. The van der Waals surface area contributed by atoms with Crippen molar-refractivity contribution < 1.29 is 26.7 Å². The van der Waals surface area contributed by atoms with Crippen LogP contribution in [-0.2, 0) is 12.8 Å². The van der Waals surface area contributed by atoms with Crippen LogP contribution in [0.4, 0.5) is 22.0 Å². The van der Waals surface area contributed by atoms with E-state index in [0.717, 1.165) is 5.56 Å². The summed E-state index contributed by atoms with van der Waals surface area (Å²) in [5.74, 6) is -0.961. The van der Waals surface area contributed by atoms with E-state index in [1.807, 2.05) is 0 Å². The van der Waals surface area contributed by atoms with Crippen LogP contribution in [0, 0.1) is 18.7 Å². The van der Waals surface area contributed by atoms with Crippen LogP contribution in [0.5, 0.6) is 5.75 Å². The Morgan fingerprint density at radius 2 is 1.82 bits per heavy atom. The van der Waals surface area contributed by atoms with Gasteiger partial charge in [-0.25, -0.2) is 14.4 Å². The summed E-state index contributed by atoms with van der Waals surface area (Å²) in [6, 6.07) is 8.04. The minimum atomic E-state index is -4.68. The second kappa shape index (κ2) is 8.78. The largest absolute Gasteiger partial charge is 0.487 e. The first-order valence-corrected chi connectivity index (χ1v) is 9.82. The van der Waals surface area contributed by atoms with Gasteiger partial charge in [-0.3, -0.25) is 4.98 Å². The van der Waals surface area contributed by atoms with E-state index in [9.17, 15) is 22.0 Å². The number of nitrogens with zero attached hydrogens (tertiary/aromatic N) is 3. The number of aryl methyl sites for hydroxylation is 1. The Hall–Kier alpha value is -3.53. The highest BCUT2D eigenvalue weighted by Gasteiger charge is 2.32. The van der Waals surface area contributed by atoms with Gasteiger partial charge in [0.1, 0.15) is 40.5 Å². The van der Waals surface area contributed by atoms with Crippen LogP contribution in [0.25, 0.3) is 22.6 Å². The first-order chi connectivity index (χ1) is 15.6. The third kappa shape index (κ3) is 4.95. The van der Waals surface area contributed by atoms with E-state index in [-0.39, 0.29) is 17.5 Å². The molecule has 0 saturated carbocycles. The minimum Gasteiger partial charge on any atom is -0.487 e. The molecule has 4 aromatic rings. The third-order valence-electron chi connectivity index (χ3n) is 4.73. The molecule has 0 fully saturated rings. The van der Waals surface area contributed by atoms with Gasteiger partial charge in [0.2, 0.25) is 5.95 Å². The van der Waals surface area contributed by atoms with Gasteiger partial charge in [0.25, 0.3) is 0 Å². The molecule has 0 aliphatic carbocycles. The molecule has 1 aromatic carbocycles. The monoisotopic (exact) mass is 480 g/mol. The van der Waals surface area contributed by atoms with Crippen molar-refractivity contribution >= 4 is 11.6 Å². The number of rotatable bonds is 5. The topological polar surface area (TPSA) is 63.7 Å². The molecule has 4 rings (SSSR count). The molecule has 3 aromatic heterocycles. The molecule has 170 valence electrons. The molecule has 0 spiro atoms. The molecule has 1 N–H and O–H groups in total. The maximum atomic E-state index is 14.0. The number of alkyl halides is 3. The van der Waals surface area contributed by atoms with Crippen LogP contribution in [0.1, 0.15) is 16.8 Å². The summed E-state index contributed by atoms with van der Waals surface area (Å²) in [5.41, 5.74) is 0.992. The zero-order valence-corrected chi connectivity index (χ0v) is 17.6. The zero-order chi connectivity index (χ0) is 23.8. The number of H-pyrrole nitrogens is 1. The Labute approximate surface area is 189 Å². The van der Waals surface area contributed by atoms with Crippen molar-refractivity contribution in [2.24, 2.45) is 0 Å². The van der Waals surface area contributed by atoms with Crippen LogP contribution in [0.15, 0.2) is 48.8 Å². The lowest BCUT2D eigenvalue weighted by Gasteiger charge is -2.11. The van der Waals surface area contributed by atoms with Gasteiger partial charge in [0.15, 0.2) is 0 Å². The van der Waals surface area contributed by atoms with Gasteiger partial charge < -0.3 is 9.72 Å². The van der Waals surface area contributed by atoms with Crippen molar-refractivity contribution in [1.82, 2.24) is 19.9 Å². The molecule has 0 aliphatic rings. The average molecular weight is 481 g/mol. The normalized spacial score (nSPS) is 11.6. The number of nitrogens with one attached hydrogen (secondary N) is 1. The highest BCUT2D eigenvalue weighted by molar-refractivity contribution is 6.32. The molecule has 33 heavy (non-hydrogen) atoms. The predicted octanol–water partition coefficient (Wildman–Crippen LogP) is 6.37. The van der Waals surface area contributed by atoms with E-state index < -0.39 is 23.5 Å². The van der Waals surface area contributed by atoms with Crippen molar-refractivity contribution in [3.63, 3.8) is 0 Å². The SMILES string of the molecule is Cc1cc(OCc2ncc(C(F)(F)F)cc2F)ccc1-c1nc(-c2ccc(F)nc2)[nH]c1Cl. The first kappa shape index (κ1) is 22.7. The van der Waals surface area contributed by atoms with E-state index >= 15 is 0 Å². The number of hydrogen-bond donors (Lipinski definition) is 1. The Morgan fingerprint density at radius 3 is 2.45 bits per heavy atom. The van der Waals surface area contributed by atoms with Gasteiger partial charge in [0.05, 0.1) is 5.56 Å². The predicted molar refractivity (Wildman–Crippen MR) is 110 cm³/mol. The second-order valence-electron chi connectivity index (χ2n) is 7.03. The fourth-order valence-corrected chi connectivity index (χ4v) is 3.29. The zero-order valence-electron chi connectivity index (χ0n) is 16.8. The number of imidazole rings is 1. The Balaban J connectivity index is 1.52. The van der Waals surface area contributed by atoms with Crippen molar-refractivity contribution in [2.75, 3.05) is 0 Å². The fourth-order valence-electron chi connectivity index (χ4n) is 3.05. The molecule has 3 heterocycles. The van der Waals surface area contributed by atoms with Crippen LogP contribution in [0.3, 0.4) is 0 Å². The summed E-state index contributed by atoms with van der Waals surface area (Å²) in [6.45, 7) is 1.43. The van der Waals surface area contributed by atoms with Gasteiger partial charge in [0, 0.05) is 23.5 Å². The van der Waals surface area contributed by atoms with Gasteiger partial charge in [-0.05, 0) is 48.9 Å². The maximum absolute atomic E-state index is 14.0. The number of pyridine rings is 2. The van der Waals surface area contributed by atoms with Gasteiger partial charge in [-0.1, -0.05) is 11.6 Å². The van der Waals surface area contributed by atoms with Gasteiger partial charge in [-0.2, -0.15) is 17.6 Å². The summed E-state index contributed by atoms with van der Waals surface area (Å²) in [4.78, 5) is 14.5. The van der Waals surface area contributed by atoms with Crippen LogP contribution in [-0.4, -0.2) is 19.9 Å². The third-order valence-corrected chi connectivity index (χ3v) is 5.01. The van der Waals surface area contributed by atoms with Crippen molar-refractivity contribution in [1.29, 1.82) is 0 Å². The summed E-state index contributed by atoms with van der Waals surface area (Å²) < 4.78 is 70.4. The average Bonchev–Trinajstić information content (AvgIpc) is 3.14. The smallest absolute Gasteiger partial charge is 0.417 e. The molecule has 0 radical (unpaired) electrons. The molecular weight excluding hydrogens is 467 g/mol. The number of halogens is 6. The first-order valence-electron chi connectivity index (χ1n) is 9.44. The van der Waals surface area contributed by atoms with E-state index in [1.54, 1.807) is 25.1 Å². The van der Waals surface area contributed by atoms with Crippen molar-refractivity contribution in [3.8, 4) is 28.4 Å². The molecule has 0 atom stereocenters. The molecule has 0 aliphatic heterocycles. The van der Waals surface area contributed by atoms with E-state index in [0.29, 0.717) is 40.7 Å². The number of aromatic nitrogens is 4. The molecule has 0 unspecified atom stereocenters. The molecule has 5 nitrogen and oxygen atoms in total. The lowest BCUT2D eigenvalue weighted by atomic mass is 10.1. The van der Waals surface area contributed by atoms with Crippen LogP contribution in [0.2, 0.25) is 5.15 Å². The Morgan fingerprint density at radius 1 is 1.03 bits per heavy atom. The summed E-state index contributed by atoms with van der Waals surface area (Å²) in [5, 5.41) is 0.266. The summed E-state index contributed by atoms with van der Waals surface area (Å²) >= 11 is 6.30. The molecule has 11 heteroatoms. The highest BCUT2D eigenvalue weighted by Crippen LogP contribution is 2.33. The quantitative estimate of drug-likeness (QED) is 0.266. The number of aromatic amines is 1. The van der Waals surface area contributed by atoms with Crippen molar-refractivity contribution in [2.45, 2.75) is 19.7 Å². The molecule has 0 saturated heterocycles. The standard InChI is InChI=1S/C22H14ClF5N4O/c1-11-6-14(33-10-17-16(24)7-13(9-29-17)22(26,27)28)3-4-15(11)19-20(23)32-21(31-19)12-2-5-18(25)30-8-12/h2-9H,10H2,1H3,(H,31,32). The van der Waals surface area contributed by atoms with E-state index in [4.69, 9.17) is 16.3 Å². The molecular formula is C22H14ClF5N4O. The van der Waals surface area contributed by atoms with Gasteiger partial charge >= 0.3 is 6.18 Å². The van der Waals surface area contributed by atoms with E-state index in [1.165, 1.54) is 18.3 Å². The minimum absolute atomic E-state index is 0.252. The Kier molecular flexibility index (Phi) is 6.03. The number of benzene rings is 1. The maximum Gasteiger partial charge on any atom is 0.417 e. The van der Waals surface area contributed by atoms with Crippen LogP contribution < -0.4 is 4.74 Å². The molecule has 0 bridgehead atoms. The lowest BCUT2D eigenvalue weighted by molar-refractivity contribution is -0.138. The number of ether oxygens (including phenoxy) is 1. The highest BCUT2D eigenvalue weighted by atomic mass is 35.5. The van der Waals surface area contributed by atoms with Crippen LogP contribution >= 0.6 is 11.6 Å². The number of hydrogen-bond acceptors (Lipinski definition) is 4. The summed E-state index contributed by atoms with van der Waals surface area (Å²) in [6.07, 6.45) is -2.79.